The molecule has 0 aromatic carbocycles. The quantitative estimate of drug-likeness (QED) is 0.787. The molecule has 0 radical (unpaired) electrons. The molecule has 0 fully saturated rings. The van der Waals surface area contributed by atoms with Crippen molar-refractivity contribution in [1.29, 1.82) is 0 Å². The fourth-order valence-electron chi connectivity index (χ4n) is 1.98. The van der Waals surface area contributed by atoms with Crippen LogP contribution in [0.2, 0.25) is 0 Å². The summed E-state index contributed by atoms with van der Waals surface area (Å²) in [5, 5.41) is 11.2. The Labute approximate surface area is 128 Å². The van der Waals surface area contributed by atoms with Gasteiger partial charge in [0.25, 0.3) is 0 Å². The molecule has 1 aliphatic rings. The van der Waals surface area contributed by atoms with E-state index in [1.165, 1.54) is 41.4 Å². The zero-order chi connectivity index (χ0) is 16.5. The molecule has 0 amide bonds. The summed E-state index contributed by atoms with van der Waals surface area (Å²) in [6, 6.07) is 0. The van der Waals surface area contributed by atoms with Gasteiger partial charge in [-0.2, -0.15) is 0 Å². The molecule has 1 aromatic heterocycles. The van der Waals surface area contributed by atoms with Crippen molar-refractivity contribution in [2.24, 2.45) is 5.84 Å². The number of nitrogens with two attached hydrogens (primary N) is 1. The molecule has 1 unspecified atom stereocenters. The van der Waals surface area contributed by atoms with E-state index in [-0.39, 0.29) is 17.3 Å². The maximum Gasteiger partial charge on any atom is 0.420 e. The van der Waals surface area contributed by atoms with E-state index in [2.05, 4.69) is 4.98 Å². The lowest BCUT2D eigenvalue weighted by Gasteiger charge is -2.27. The zero-order valence-corrected chi connectivity index (χ0v) is 13.0. The highest BCUT2D eigenvalue weighted by atomic mass is 16.6. The van der Waals surface area contributed by atoms with Crippen LogP contribution in [-0.4, -0.2) is 44.6 Å². The summed E-state index contributed by atoms with van der Waals surface area (Å²) in [6.07, 6.45) is 4.27. The summed E-state index contributed by atoms with van der Waals surface area (Å²) in [4.78, 5) is 16.4. The standard InChI is InChI=1S/C14H20N4O4/c1-14(2,3)22-13(20)17-8-6-16-12(17)10-11(21-4)9(19)5-7-18(10)15/h5-9,19H,15H2,1-4H3. The van der Waals surface area contributed by atoms with E-state index in [1.54, 1.807) is 20.8 Å². The Bertz CT molecular complexity index is 627. The van der Waals surface area contributed by atoms with Crippen LogP contribution in [0.4, 0.5) is 4.79 Å². The first-order chi connectivity index (χ1) is 10.2. The van der Waals surface area contributed by atoms with Gasteiger partial charge in [-0.3, -0.25) is 5.01 Å². The second kappa shape index (κ2) is 5.82. The van der Waals surface area contributed by atoms with Gasteiger partial charge in [-0.25, -0.2) is 20.2 Å². The van der Waals surface area contributed by atoms with Crippen molar-refractivity contribution in [3.63, 3.8) is 0 Å². The predicted molar refractivity (Wildman–Crippen MR) is 79.0 cm³/mol. The van der Waals surface area contributed by atoms with Crippen molar-refractivity contribution in [2.75, 3.05) is 7.11 Å². The van der Waals surface area contributed by atoms with Crippen molar-refractivity contribution >= 4 is 11.8 Å². The van der Waals surface area contributed by atoms with Crippen LogP contribution in [-0.2, 0) is 9.47 Å². The molecular formula is C14H20N4O4. The number of hydrazine groups is 1. The number of methoxy groups -OCH3 is 1. The number of aromatic nitrogens is 2. The molecule has 2 rings (SSSR count). The lowest BCUT2D eigenvalue weighted by Crippen LogP contribution is -2.34. The van der Waals surface area contributed by atoms with Gasteiger partial charge in [0, 0.05) is 18.6 Å². The second-order valence-electron chi connectivity index (χ2n) is 5.71. The third-order valence-electron chi connectivity index (χ3n) is 2.85. The number of carbonyl (C=O) groups excluding carboxylic acids is 1. The number of nitrogens with zero attached hydrogens (tertiary/aromatic N) is 3. The van der Waals surface area contributed by atoms with Crippen LogP contribution in [0.25, 0.3) is 5.70 Å². The molecule has 8 heteroatoms. The molecule has 1 aliphatic heterocycles. The Morgan fingerprint density at radius 2 is 2.14 bits per heavy atom. The van der Waals surface area contributed by atoms with Gasteiger partial charge in [-0.05, 0) is 26.8 Å². The van der Waals surface area contributed by atoms with Crippen molar-refractivity contribution in [2.45, 2.75) is 32.5 Å². The van der Waals surface area contributed by atoms with Crippen LogP contribution in [0.3, 0.4) is 0 Å². The van der Waals surface area contributed by atoms with Crippen LogP contribution in [0.15, 0.2) is 30.4 Å². The number of aliphatic hydroxyl groups excluding tert-OH is 1. The highest BCUT2D eigenvalue weighted by Gasteiger charge is 2.29. The number of carbonyl (C=O) groups is 1. The summed E-state index contributed by atoms with van der Waals surface area (Å²) in [7, 11) is 1.41. The van der Waals surface area contributed by atoms with E-state index in [1.807, 2.05) is 0 Å². The van der Waals surface area contributed by atoms with Gasteiger partial charge in [-0.1, -0.05) is 0 Å². The Kier molecular flexibility index (Phi) is 4.25. The molecule has 0 aliphatic carbocycles. The number of hydrogen-bond acceptors (Lipinski definition) is 7. The minimum atomic E-state index is -0.969. The predicted octanol–water partition coefficient (Wildman–Crippen LogP) is 1.05. The summed E-state index contributed by atoms with van der Waals surface area (Å²) >= 11 is 0. The number of ether oxygens (including phenoxy) is 2. The van der Waals surface area contributed by atoms with Gasteiger partial charge < -0.3 is 14.6 Å². The molecule has 120 valence electrons. The Morgan fingerprint density at radius 3 is 2.73 bits per heavy atom. The third-order valence-corrected chi connectivity index (χ3v) is 2.85. The molecule has 0 saturated heterocycles. The van der Waals surface area contributed by atoms with Gasteiger partial charge in [0.05, 0.1) is 7.11 Å². The Morgan fingerprint density at radius 1 is 1.45 bits per heavy atom. The molecular weight excluding hydrogens is 288 g/mol. The molecule has 0 spiro atoms. The summed E-state index contributed by atoms with van der Waals surface area (Å²) in [6.45, 7) is 5.30. The van der Waals surface area contributed by atoms with Crippen LogP contribution in [0.1, 0.15) is 26.6 Å². The first kappa shape index (κ1) is 16.1. The molecule has 0 saturated carbocycles. The first-order valence-corrected chi connectivity index (χ1v) is 6.70. The zero-order valence-electron chi connectivity index (χ0n) is 13.0. The highest BCUT2D eigenvalue weighted by Crippen LogP contribution is 2.27. The maximum atomic E-state index is 12.3. The largest absolute Gasteiger partial charge is 0.496 e. The SMILES string of the molecule is COC1=C(c2nccn2C(=O)OC(C)(C)C)N(N)C=CC1O. The minimum Gasteiger partial charge on any atom is -0.496 e. The van der Waals surface area contributed by atoms with Gasteiger partial charge in [0.15, 0.2) is 11.6 Å². The summed E-state index contributed by atoms with van der Waals surface area (Å²) in [5.74, 6) is 6.30. The summed E-state index contributed by atoms with van der Waals surface area (Å²) in [5.41, 5.74) is -0.362. The average Bonchev–Trinajstić information content (AvgIpc) is 2.88. The van der Waals surface area contributed by atoms with Crippen molar-refractivity contribution in [3.05, 3.63) is 36.3 Å². The maximum absolute atomic E-state index is 12.3. The second-order valence-corrected chi connectivity index (χ2v) is 5.71. The first-order valence-electron chi connectivity index (χ1n) is 6.70. The van der Waals surface area contributed by atoms with Gasteiger partial charge in [-0.15, -0.1) is 0 Å². The molecule has 22 heavy (non-hydrogen) atoms. The average molecular weight is 308 g/mol. The molecule has 8 nitrogen and oxygen atoms in total. The smallest absolute Gasteiger partial charge is 0.420 e. The molecule has 1 atom stereocenters. The van der Waals surface area contributed by atoms with Crippen molar-refractivity contribution < 1.29 is 19.4 Å². The van der Waals surface area contributed by atoms with E-state index in [0.717, 1.165) is 0 Å². The monoisotopic (exact) mass is 308 g/mol. The van der Waals surface area contributed by atoms with E-state index in [0.29, 0.717) is 0 Å². The highest BCUT2D eigenvalue weighted by molar-refractivity contribution is 5.77. The van der Waals surface area contributed by atoms with Crippen LogP contribution in [0.5, 0.6) is 0 Å². The van der Waals surface area contributed by atoms with E-state index in [9.17, 15) is 9.90 Å². The normalized spacial score (nSPS) is 18.6. The van der Waals surface area contributed by atoms with Gasteiger partial charge >= 0.3 is 6.09 Å². The fraction of sp³-hybridized carbons (Fsp3) is 0.429. The van der Waals surface area contributed by atoms with Crippen molar-refractivity contribution in [3.8, 4) is 0 Å². The van der Waals surface area contributed by atoms with Crippen LogP contribution >= 0.6 is 0 Å². The van der Waals surface area contributed by atoms with E-state index >= 15 is 0 Å². The topological polar surface area (TPSA) is 103 Å². The van der Waals surface area contributed by atoms with Crippen LogP contribution < -0.4 is 5.84 Å². The lowest BCUT2D eigenvalue weighted by atomic mass is 10.1. The molecule has 0 bridgehead atoms. The fourth-order valence-corrected chi connectivity index (χ4v) is 1.98. The number of imidazole rings is 1. The molecule has 2 heterocycles. The number of rotatable bonds is 2. The van der Waals surface area contributed by atoms with Gasteiger partial charge in [0.2, 0.25) is 0 Å². The Hall–Kier alpha value is -2.32. The minimum absolute atomic E-state index is 0.195. The van der Waals surface area contributed by atoms with Gasteiger partial charge in [0.1, 0.15) is 17.4 Å². The number of aliphatic hydroxyl groups is 1. The Balaban J connectivity index is 2.46. The molecule has 1 aromatic rings. The van der Waals surface area contributed by atoms with Crippen molar-refractivity contribution in [1.82, 2.24) is 14.6 Å². The number of hydrogen-bond donors (Lipinski definition) is 2. The molecule has 3 N–H and O–H groups in total. The van der Waals surface area contributed by atoms with E-state index < -0.39 is 17.8 Å². The third kappa shape index (κ3) is 3.12. The summed E-state index contributed by atoms with van der Waals surface area (Å²) < 4.78 is 11.7. The lowest BCUT2D eigenvalue weighted by molar-refractivity contribution is 0.0534. The van der Waals surface area contributed by atoms with E-state index in [4.69, 9.17) is 15.3 Å². The van der Waals surface area contributed by atoms with Crippen LogP contribution in [0, 0.1) is 0 Å².